The SMILES string of the molecule is Cc1cc(F)c(N=C=S)cc1OC(C)C. The first-order chi connectivity index (χ1) is 7.04. The van der Waals surface area contributed by atoms with Crippen molar-refractivity contribution in [3.63, 3.8) is 0 Å². The zero-order valence-electron chi connectivity index (χ0n) is 8.87. The van der Waals surface area contributed by atoms with E-state index in [0.29, 0.717) is 5.75 Å². The number of halogens is 1. The Morgan fingerprint density at radius 2 is 2.13 bits per heavy atom. The highest BCUT2D eigenvalue weighted by atomic mass is 32.1. The van der Waals surface area contributed by atoms with Crippen LogP contribution in [0.25, 0.3) is 0 Å². The van der Waals surface area contributed by atoms with Gasteiger partial charge in [-0.1, -0.05) is 0 Å². The largest absolute Gasteiger partial charge is 0.491 e. The molecular weight excluding hydrogens is 213 g/mol. The van der Waals surface area contributed by atoms with Gasteiger partial charge in [-0.25, -0.2) is 4.39 Å². The molecular formula is C11H12FNOS. The zero-order valence-corrected chi connectivity index (χ0v) is 9.69. The fourth-order valence-corrected chi connectivity index (χ4v) is 1.26. The number of nitrogens with zero attached hydrogens (tertiary/aromatic N) is 1. The normalized spacial score (nSPS) is 9.93. The van der Waals surface area contributed by atoms with Crippen molar-refractivity contribution in [2.45, 2.75) is 26.9 Å². The maximum atomic E-state index is 13.3. The number of ether oxygens (including phenoxy) is 1. The van der Waals surface area contributed by atoms with Crippen LogP contribution in [0, 0.1) is 12.7 Å². The predicted octanol–water partition coefficient (Wildman–Crippen LogP) is 3.66. The molecule has 0 aliphatic rings. The Kier molecular flexibility index (Phi) is 3.95. The first kappa shape index (κ1) is 11.8. The second-order valence-corrected chi connectivity index (χ2v) is 3.62. The fourth-order valence-electron chi connectivity index (χ4n) is 1.16. The molecule has 0 bridgehead atoms. The van der Waals surface area contributed by atoms with Crippen LogP contribution in [0.3, 0.4) is 0 Å². The van der Waals surface area contributed by atoms with Gasteiger partial charge in [-0.2, -0.15) is 4.99 Å². The van der Waals surface area contributed by atoms with Crippen molar-refractivity contribution in [2.75, 3.05) is 0 Å². The monoisotopic (exact) mass is 225 g/mol. The zero-order chi connectivity index (χ0) is 11.4. The molecule has 0 saturated carbocycles. The van der Waals surface area contributed by atoms with Gasteiger partial charge in [-0.3, -0.25) is 0 Å². The third-order valence-electron chi connectivity index (χ3n) is 1.77. The Bertz CT molecular complexity index is 411. The minimum absolute atomic E-state index is 0.0403. The van der Waals surface area contributed by atoms with E-state index in [2.05, 4.69) is 22.4 Å². The molecule has 1 aromatic carbocycles. The van der Waals surface area contributed by atoms with Crippen molar-refractivity contribution in [3.05, 3.63) is 23.5 Å². The lowest BCUT2D eigenvalue weighted by molar-refractivity contribution is 0.240. The highest BCUT2D eigenvalue weighted by molar-refractivity contribution is 7.78. The minimum Gasteiger partial charge on any atom is -0.491 e. The van der Waals surface area contributed by atoms with E-state index in [0.717, 1.165) is 5.56 Å². The Hall–Kier alpha value is -1.25. The van der Waals surface area contributed by atoms with Crippen LogP contribution >= 0.6 is 12.2 Å². The highest BCUT2D eigenvalue weighted by Gasteiger charge is 2.08. The van der Waals surface area contributed by atoms with Crippen LogP contribution < -0.4 is 4.74 Å². The molecule has 0 aliphatic heterocycles. The van der Waals surface area contributed by atoms with Gasteiger partial charge >= 0.3 is 0 Å². The summed E-state index contributed by atoms with van der Waals surface area (Å²) in [5.74, 6) is 0.205. The summed E-state index contributed by atoms with van der Waals surface area (Å²) in [6.45, 7) is 5.60. The molecule has 0 aromatic heterocycles. The Morgan fingerprint density at radius 1 is 1.47 bits per heavy atom. The molecule has 80 valence electrons. The molecule has 0 fully saturated rings. The molecule has 0 unspecified atom stereocenters. The van der Waals surface area contributed by atoms with Gasteiger partial charge in [0.15, 0.2) is 0 Å². The van der Waals surface area contributed by atoms with Crippen molar-refractivity contribution < 1.29 is 9.13 Å². The van der Waals surface area contributed by atoms with Gasteiger partial charge in [0.25, 0.3) is 0 Å². The van der Waals surface area contributed by atoms with Crippen LogP contribution in [0.1, 0.15) is 19.4 Å². The molecule has 1 rings (SSSR count). The topological polar surface area (TPSA) is 21.6 Å². The van der Waals surface area contributed by atoms with E-state index in [1.165, 1.54) is 12.1 Å². The van der Waals surface area contributed by atoms with Crippen molar-refractivity contribution in [1.29, 1.82) is 0 Å². The molecule has 0 spiro atoms. The lowest BCUT2D eigenvalue weighted by Crippen LogP contribution is -2.06. The number of rotatable bonds is 3. The van der Waals surface area contributed by atoms with E-state index in [4.69, 9.17) is 4.74 Å². The Morgan fingerprint density at radius 3 is 2.67 bits per heavy atom. The third-order valence-corrected chi connectivity index (χ3v) is 1.86. The van der Waals surface area contributed by atoms with Gasteiger partial charge in [0.2, 0.25) is 0 Å². The number of aliphatic imine (C=N–C) groups is 1. The number of thiocarbonyl (C=S) groups is 1. The molecule has 0 amide bonds. The molecule has 0 saturated heterocycles. The van der Waals surface area contributed by atoms with Gasteiger partial charge < -0.3 is 4.74 Å². The maximum Gasteiger partial charge on any atom is 0.150 e. The molecule has 0 atom stereocenters. The van der Waals surface area contributed by atoms with Crippen molar-refractivity contribution in [2.24, 2.45) is 4.99 Å². The molecule has 0 aliphatic carbocycles. The summed E-state index contributed by atoms with van der Waals surface area (Å²) >= 11 is 4.43. The maximum absolute atomic E-state index is 13.3. The van der Waals surface area contributed by atoms with E-state index in [1.807, 2.05) is 13.8 Å². The smallest absolute Gasteiger partial charge is 0.150 e. The van der Waals surface area contributed by atoms with Crippen LogP contribution in [-0.2, 0) is 0 Å². The van der Waals surface area contributed by atoms with Crippen molar-refractivity contribution >= 4 is 23.1 Å². The quantitative estimate of drug-likeness (QED) is 0.578. The number of benzene rings is 1. The van der Waals surface area contributed by atoms with Crippen LogP contribution in [0.15, 0.2) is 17.1 Å². The Balaban J connectivity index is 3.16. The summed E-state index contributed by atoms with van der Waals surface area (Å²) in [4.78, 5) is 3.63. The number of aryl methyl sites for hydroxylation is 1. The second kappa shape index (κ2) is 5.01. The lowest BCUT2D eigenvalue weighted by Gasteiger charge is -2.12. The molecule has 0 heterocycles. The van der Waals surface area contributed by atoms with Gasteiger partial charge in [0.1, 0.15) is 17.3 Å². The van der Waals surface area contributed by atoms with Crippen molar-refractivity contribution in [3.8, 4) is 5.75 Å². The van der Waals surface area contributed by atoms with Gasteiger partial charge in [-0.05, 0) is 44.6 Å². The Labute approximate surface area is 93.8 Å². The summed E-state index contributed by atoms with van der Waals surface area (Å²) in [6.07, 6.45) is 0.0403. The number of hydrogen-bond donors (Lipinski definition) is 0. The standard InChI is InChI=1S/C11H12FNOS/c1-7(2)14-11-5-10(13-6-15)9(12)4-8(11)3/h4-5,7H,1-3H3. The third kappa shape index (κ3) is 3.11. The van der Waals surface area contributed by atoms with E-state index >= 15 is 0 Å². The summed E-state index contributed by atoms with van der Waals surface area (Å²) < 4.78 is 18.8. The van der Waals surface area contributed by atoms with E-state index in [-0.39, 0.29) is 11.8 Å². The van der Waals surface area contributed by atoms with Crippen LogP contribution in [0.2, 0.25) is 0 Å². The first-order valence-corrected chi connectivity index (χ1v) is 5.00. The average Bonchev–Trinajstić information content (AvgIpc) is 2.12. The van der Waals surface area contributed by atoms with E-state index < -0.39 is 5.82 Å². The molecule has 4 heteroatoms. The summed E-state index contributed by atoms with van der Waals surface area (Å²) in [7, 11) is 0. The van der Waals surface area contributed by atoms with Gasteiger partial charge in [0.05, 0.1) is 11.3 Å². The summed E-state index contributed by atoms with van der Waals surface area (Å²) in [5, 5.41) is 2.14. The predicted molar refractivity (Wildman–Crippen MR) is 61.6 cm³/mol. The van der Waals surface area contributed by atoms with Crippen LogP contribution in [-0.4, -0.2) is 11.3 Å². The summed E-state index contributed by atoms with van der Waals surface area (Å²) in [5.41, 5.74) is 0.899. The van der Waals surface area contributed by atoms with E-state index in [1.54, 1.807) is 6.92 Å². The lowest BCUT2D eigenvalue weighted by atomic mass is 10.2. The number of hydrogen-bond acceptors (Lipinski definition) is 3. The van der Waals surface area contributed by atoms with Gasteiger partial charge in [-0.15, -0.1) is 0 Å². The van der Waals surface area contributed by atoms with E-state index in [9.17, 15) is 4.39 Å². The fraction of sp³-hybridized carbons (Fsp3) is 0.364. The van der Waals surface area contributed by atoms with Crippen molar-refractivity contribution in [1.82, 2.24) is 0 Å². The minimum atomic E-state index is -0.416. The first-order valence-electron chi connectivity index (χ1n) is 4.59. The second-order valence-electron chi connectivity index (χ2n) is 3.44. The molecule has 15 heavy (non-hydrogen) atoms. The average molecular weight is 225 g/mol. The van der Waals surface area contributed by atoms with Gasteiger partial charge in [0, 0.05) is 6.07 Å². The number of isothiocyanates is 1. The molecule has 1 aromatic rings. The highest BCUT2D eigenvalue weighted by Crippen LogP contribution is 2.28. The molecule has 0 N–H and O–H groups in total. The molecule has 2 nitrogen and oxygen atoms in total. The van der Waals surface area contributed by atoms with Crippen LogP contribution in [0.5, 0.6) is 5.75 Å². The summed E-state index contributed by atoms with van der Waals surface area (Å²) in [6, 6.07) is 2.91. The van der Waals surface area contributed by atoms with Crippen LogP contribution in [0.4, 0.5) is 10.1 Å². The molecule has 0 radical (unpaired) electrons.